The first-order valence-electron chi connectivity index (χ1n) is 2.82. The summed E-state index contributed by atoms with van der Waals surface area (Å²) in [6, 6.07) is 0. The average Bonchev–Trinajstić information content (AvgIpc) is 2.22. The summed E-state index contributed by atoms with van der Waals surface area (Å²) in [6.07, 6.45) is 10.5. The largest absolute Gasteiger partial charge is 0.0848 e. The van der Waals surface area contributed by atoms with Gasteiger partial charge in [-0.3, -0.25) is 0 Å². The fourth-order valence-corrected chi connectivity index (χ4v) is 1.33. The molecule has 0 amide bonds. The Labute approximate surface area is 44.2 Å². The quantitative estimate of drug-likeness (QED) is 0.398. The van der Waals surface area contributed by atoms with Crippen molar-refractivity contribution < 1.29 is 0 Å². The molecule has 2 bridgehead atoms. The maximum Gasteiger partial charge on any atom is -0.0193 e. The van der Waals surface area contributed by atoms with Gasteiger partial charge in [0.25, 0.3) is 0 Å². The Morgan fingerprint density at radius 2 is 1.57 bits per heavy atom. The molecule has 0 N–H and O–H groups in total. The van der Waals surface area contributed by atoms with Crippen LogP contribution in [0.15, 0.2) is 12.2 Å². The maximum atomic E-state index is 2.30. The van der Waals surface area contributed by atoms with E-state index in [1.54, 1.807) is 0 Å². The minimum Gasteiger partial charge on any atom is -0.0848 e. The molecule has 2 radical (unpaired) electrons. The Bertz CT molecular complexity index is 90.6. The second-order valence-electron chi connectivity index (χ2n) is 2.33. The minimum atomic E-state index is 0.810. The summed E-state index contributed by atoms with van der Waals surface area (Å²) in [5.41, 5.74) is 0. The summed E-state index contributed by atoms with van der Waals surface area (Å²) in [7, 11) is 0. The molecule has 1 fully saturated rings. The number of rotatable bonds is 0. The van der Waals surface area contributed by atoms with Gasteiger partial charge in [0, 0.05) is 0 Å². The highest BCUT2D eigenvalue weighted by atomic mass is 14.3. The minimum absolute atomic E-state index is 0.810. The second-order valence-corrected chi connectivity index (χ2v) is 2.33. The molecule has 2 aliphatic carbocycles. The maximum absolute atomic E-state index is 2.30. The average molecular weight is 92.1 g/mol. The zero-order valence-corrected chi connectivity index (χ0v) is 4.17. The Morgan fingerprint density at radius 3 is 1.71 bits per heavy atom. The molecule has 36 valence electrons. The number of hydrogen-bond acceptors (Lipinski definition) is 0. The fourth-order valence-electron chi connectivity index (χ4n) is 1.33. The Morgan fingerprint density at radius 1 is 1.00 bits per heavy atom. The molecule has 2 atom stereocenters. The van der Waals surface area contributed by atoms with Gasteiger partial charge in [0.05, 0.1) is 0 Å². The van der Waals surface area contributed by atoms with Crippen LogP contribution in [0.25, 0.3) is 0 Å². The van der Waals surface area contributed by atoms with Crippen molar-refractivity contribution >= 4 is 0 Å². The van der Waals surface area contributed by atoms with Gasteiger partial charge >= 0.3 is 0 Å². The Balaban J connectivity index is 2.27. The van der Waals surface area contributed by atoms with Gasteiger partial charge < -0.3 is 0 Å². The first-order valence-corrected chi connectivity index (χ1v) is 2.82. The van der Waals surface area contributed by atoms with Crippen LogP contribution in [0.5, 0.6) is 0 Å². The summed E-state index contributed by atoms with van der Waals surface area (Å²) >= 11 is 0. The molecule has 7 heavy (non-hydrogen) atoms. The van der Waals surface area contributed by atoms with Gasteiger partial charge in [0.1, 0.15) is 0 Å². The van der Waals surface area contributed by atoms with E-state index in [1.807, 2.05) is 0 Å². The smallest absolute Gasteiger partial charge is 0.0193 e. The van der Waals surface area contributed by atoms with Gasteiger partial charge in [-0.25, -0.2) is 0 Å². The van der Waals surface area contributed by atoms with E-state index in [0.29, 0.717) is 0 Å². The molecule has 0 saturated heterocycles. The van der Waals surface area contributed by atoms with Crippen molar-refractivity contribution in [1.82, 2.24) is 0 Å². The van der Waals surface area contributed by atoms with Crippen LogP contribution in [0.3, 0.4) is 0 Å². The van der Waals surface area contributed by atoms with Crippen molar-refractivity contribution in [3.63, 3.8) is 0 Å². The van der Waals surface area contributed by atoms with Crippen LogP contribution in [-0.2, 0) is 0 Å². The highest BCUT2D eigenvalue weighted by Crippen LogP contribution is 2.36. The van der Waals surface area contributed by atoms with E-state index in [0.717, 1.165) is 11.8 Å². The summed E-state index contributed by atoms with van der Waals surface area (Å²) in [5.74, 6) is 1.62. The van der Waals surface area contributed by atoms with Crippen molar-refractivity contribution in [2.45, 2.75) is 6.42 Å². The monoisotopic (exact) mass is 92.1 g/mol. The van der Waals surface area contributed by atoms with Crippen LogP contribution in [0, 0.1) is 24.7 Å². The first kappa shape index (κ1) is 3.71. The SMILES string of the molecule is [CH]1[CH][C@H]2C=C[C@H]1C2. The topological polar surface area (TPSA) is 0 Å². The molecule has 0 heterocycles. The molecule has 1 saturated carbocycles. The predicted molar refractivity (Wildman–Crippen MR) is 29.3 cm³/mol. The molecule has 0 aromatic rings. The normalized spacial score (nSPS) is 45.7. The number of fused-ring (bicyclic) bond motifs is 2. The van der Waals surface area contributed by atoms with Crippen LogP contribution < -0.4 is 0 Å². The van der Waals surface area contributed by atoms with Crippen molar-refractivity contribution in [2.24, 2.45) is 11.8 Å². The Kier molecular flexibility index (Phi) is 0.592. The van der Waals surface area contributed by atoms with Crippen molar-refractivity contribution in [3.05, 3.63) is 25.0 Å². The highest BCUT2D eigenvalue weighted by Gasteiger charge is 2.25. The zero-order chi connectivity index (χ0) is 4.69. The highest BCUT2D eigenvalue weighted by molar-refractivity contribution is 5.22. The van der Waals surface area contributed by atoms with E-state index in [9.17, 15) is 0 Å². The third-order valence-corrected chi connectivity index (χ3v) is 1.76. The van der Waals surface area contributed by atoms with Gasteiger partial charge in [-0.2, -0.15) is 0 Å². The molecule has 0 aromatic carbocycles. The zero-order valence-electron chi connectivity index (χ0n) is 4.17. The lowest BCUT2D eigenvalue weighted by Gasteiger charge is -1.95. The number of hydrogen-bond donors (Lipinski definition) is 0. The van der Waals surface area contributed by atoms with Gasteiger partial charge in [0.15, 0.2) is 0 Å². The van der Waals surface area contributed by atoms with E-state index < -0.39 is 0 Å². The second kappa shape index (κ2) is 1.12. The number of allylic oxidation sites excluding steroid dienone is 2. The Hall–Kier alpha value is -0.260. The molecule has 0 aliphatic heterocycles. The molecule has 0 unspecified atom stereocenters. The third kappa shape index (κ3) is 0.425. The lowest BCUT2D eigenvalue weighted by Crippen LogP contribution is -1.85. The molecule has 0 heteroatoms. The van der Waals surface area contributed by atoms with E-state index in [-0.39, 0.29) is 0 Å². The molecule has 0 nitrogen and oxygen atoms in total. The van der Waals surface area contributed by atoms with Gasteiger partial charge in [-0.1, -0.05) is 12.2 Å². The summed E-state index contributed by atoms with van der Waals surface area (Å²) in [5, 5.41) is 0. The molecule has 0 aromatic heterocycles. The van der Waals surface area contributed by atoms with Gasteiger partial charge in [-0.15, -0.1) is 0 Å². The van der Waals surface area contributed by atoms with Crippen LogP contribution in [0.1, 0.15) is 6.42 Å². The molecular formula is C7H8. The van der Waals surface area contributed by atoms with E-state index in [1.165, 1.54) is 6.42 Å². The van der Waals surface area contributed by atoms with Crippen molar-refractivity contribution in [3.8, 4) is 0 Å². The summed E-state index contributed by atoms with van der Waals surface area (Å²) < 4.78 is 0. The predicted octanol–water partition coefficient (Wildman–Crippen LogP) is 1.60. The van der Waals surface area contributed by atoms with Crippen molar-refractivity contribution in [2.75, 3.05) is 0 Å². The van der Waals surface area contributed by atoms with Crippen LogP contribution in [-0.4, -0.2) is 0 Å². The molecule has 2 rings (SSSR count). The van der Waals surface area contributed by atoms with Gasteiger partial charge in [-0.05, 0) is 31.1 Å². The lowest BCUT2D eigenvalue weighted by molar-refractivity contribution is 0.733. The summed E-state index contributed by atoms with van der Waals surface area (Å²) in [6.45, 7) is 0. The van der Waals surface area contributed by atoms with Gasteiger partial charge in [0.2, 0.25) is 0 Å². The van der Waals surface area contributed by atoms with Crippen LogP contribution in [0.2, 0.25) is 0 Å². The first-order chi connectivity index (χ1) is 3.45. The van der Waals surface area contributed by atoms with E-state index >= 15 is 0 Å². The molecular weight excluding hydrogens is 84.1 g/mol. The summed E-state index contributed by atoms with van der Waals surface area (Å²) in [4.78, 5) is 0. The van der Waals surface area contributed by atoms with Crippen molar-refractivity contribution in [1.29, 1.82) is 0 Å². The standard InChI is InChI=1S/C7H8/c1-2-7-4-3-6(1)5-7/h1-4,6-7H,5H2/t6-,7-. The van der Waals surface area contributed by atoms with E-state index in [2.05, 4.69) is 25.0 Å². The van der Waals surface area contributed by atoms with Crippen LogP contribution >= 0.6 is 0 Å². The van der Waals surface area contributed by atoms with E-state index in [4.69, 9.17) is 0 Å². The molecule has 2 aliphatic rings. The molecule has 0 spiro atoms. The lowest BCUT2D eigenvalue weighted by atomic mass is 10.1. The third-order valence-electron chi connectivity index (χ3n) is 1.76. The fraction of sp³-hybridized carbons (Fsp3) is 0.429. The van der Waals surface area contributed by atoms with Crippen LogP contribution in [0.4, 0.5) is 0 Å².